The third kappa shape index (κ3) is 1.34. The number of aromatic nitrogens is 2. The molecule has 0 saturated carbocycles. The summed E-state index contributed by atoms with van der Waals surface area (Å²) in [6.45, 7) is 1.97. The van der Waals surface area contributed by atoms with E-state index < -0.39 is 0 Å². The van der Waals surface area contributed by atoms with Crippen molar-refractivity contribution >= 4 is 5.91 Å². The quantitative estimate of drug-likeness (QED) is 0.597. The van der Waals surface area contributed by atoms with Crippen LogP contribution in [-0.4, -0.2) is 15.5 Å². The number of hydrogen-bond donors (Lipinski definition) is 1. The van der Waals surface area contributed by atoms with Gasteiger partial charge < -0.3 is 10.3 Å². The van der Waals surface area contributed by atoms with Crippen LogP contribution < -0.4 is 5.73 Å². The summed E-state index contributed by atoms with van der Waals surface area (Å²) in [7, 11) is 0. The topological polar surface area (TPSA) is 60.9 Å². The summed E-state index contributed by atoms with van der Waals surface area (Å²) in [6.07, 6.45) is 4.21. The first kappa shape index (κ1) is 6.80. The Morgan fingerprint density at radius 2 is 2.70 bits per heavy atom. The molecule has 10 heavy (non-hydrogen) atoms. The highest BCUT2D eigenvalue weighted by Crippen LogP contribution is 1.92. The van der Waals surface area contributed by atoms with Crippen molar-refractivity contribution in [2.45, 2.75) is 13.5 Å². The smallest absolute Gasteiger partial charge is 0.237 e. The van der Waals surface area contributed by atoms with Crippen molar-refractivity contribution in [2.24, 2.45) is 5.73 Å². The first-order chi connectivity index (χ1) is 4.70. The number of amides is 1. The molecule has 53 valence electrons. The van der Waals surface area contributed by atoms with Crippen molar-refractivity contribution in [1.29, 1.82) is 0 Å². The first-order valence-corrected chi connectivity index (χ1v) is 2.88. The maximum atomic E-state index is 10.4. The van der Waals surface area contributed by atoms with Crippen LogP contribution >= 0.6 is 0 Å². The van der Waals surface area contributed by atoms with Gasteiger partial charge in [-0.1, -0.05) is 0 Å². The molecule has 1 aromatic heterocycles. The third-order valence-corrected chi connectivity index (χ3v) is 1.18. The number of nitrogens with two attached hydrogens (primary N) is 1. The van der Waals surface area contributed by atoms with Crippen molar-refractivity contribution in [1.82, 2.24) is 9.55 Å². The summed E-state index contributed by atoms with van der Waals surface area (Å²) >= 11 is 0. The molecule has 0 fully saturated rings. The minimum atomic E-state index is -0.366. The number of carbonyl (C=O) groups excluding carboxylic acids is 1. The second-order valence-electron chi connectivity index (χ2n) is 2.01. The van der Waals surface area contributed by atoms with Crippen molar-refractivity contribution in [3.8, 4) is 0 Å². The molecule has 4 nitrogen and oxygen atoms in total. The molecule has 1 heterocycles. The first-order valence-electron chi connectivity index (χ1n) is 2.88. The van der Waals surface area contributed by atoms with Crippen molar-refractivity contribution in [3.63, 3.8) is 0 Å². The van der Waals surface area contributed by atoms with E-state index in [0.29, 0.717) is 0 Å². The van der Waals surface area contributed by atoms with Crippen LogP contribution in [0.3, 0.4) is 0 Å². The van der Waals surface area contributed by atoms with Crippen LogP contribution in [0.5, 0.6) is 0 Å². The average molecular weight is 138 g/mol. The summed E-state index contributed by atoms with van der Waals surface area (Å²) in [4.78, 5) is 14.2. The molecular formula is C6H8N3O. The van der Waals surface area contributed by atoms with E-state index in [0.717, 1.165) is 5.82 Å². The largest absolute Gasteiger partial charge is 0.368 e. The number of nitrogens with zero attached hydrogens (tertiary/aromatic N) is 2. The Morgan fingerprint density at radius 1 is 2.00 bits per heavy atom. The molecular weight excluding hydrogens is 130 g/mol. The lowest BCUT2D eigenvalue weighted by Crippen LogP contribution is -2.18. The van der Waals surface area contributed by atoms with Crippen LogP contribution in [0.25, 0.3) is 0 Å². The molecule has 0 aliphatic rings. The van der Waals surface area contributed by atoms with Crippen LogP contribution in [-0.2, 0) is 11.3 Å². The normalized spacial score (nSPS) is 9.70. The van der Waals surface area contributed by atoms with E-state index in [1.54, 1.807) is 17.7 Å². The van der Waals surface area contributed by atoms with Gasteiger partial charge in [-0.3, -0.25) is 4.79 Å². The van der Waals surface area contributed by atoms with E-state index in [1.165, 1.54) is 0 Å². The van der Waals surface area contributed by atoms with Crippen molar-refractivity contribution in [2.75, 3.05) is 0 Å². The lowest BCUT2D eigenvalue weighted by molar-refractivity contribution is -0.118. The van der Waals surface area contributed by atoms with E-state index in [-0.39, 0.29) is 12.5 Å². The second-order valence-corrected chi connectivity index (χ2v) is 2.01. The lowest BCUT2D eigenvalue weighted by Gasteiger charge is -1.98. The Balaban J connectivity index is 2.74. The fraction of sp³-hybridized carbons (Fsp3) is 0.333. The van der Waals surface area contributed by atoms with Gasteiger partial charge in [0, 0.05) is 6.20 Å². The van der Waals surface area contributed by atoms with Gasteiger partial charge in [0.1, 0.15) is 18.6 Å². The Hall–Kier alpha value is -1.32. The van der Waals surface area contributed by atoms with Crippen LogP contribution in [0, 0.1) is 13.1 Å². The van der Waals surface area contributed by atoms with E-state index in [1.807, 2.05) is 0 Å². The van der Waals surface area contributed by atoms with Gasteiger partial charge in [0.2, 0.25) is 5.91 Å². The lowest BCUT2D eigenvalue weighted by atomic mass is 10.5. The van der Waals surface area contributed by atoms with E-state index in [4.69, 9.17) is 5.73 Å². The van der Waals surface area contributed by atoms with Crippen LogP contribution in [0.15, 0.2) is 6.20 Å². The number of imidazole rings is 1. The van der Waals surface area contributed by atoms with Crippen LogP contribution in [0.2, 0.25) is 0 Å². The van der Waals surface area contributed by atoms with Gasteiger partial charge in [-0.05, 0) is 6.92 Å². The Bertz CT molecular complexity index is 241. The highest BCUT2D eigenvalue weighted by molar-refractivity contribution is 5.73. The van der Waals surface area contributed by atoms with Gasteiger partial charge in [-0.2, -0.15) is 0 Å². The molecule has 1 amide bonds. The maximum absolute atomic E-state index is 10.4. The molecule has 0 atom stereocenters. The summed E-state index contributed by atoms with van der Waals surface area (Å²) in [5.74, 6) is 0.383. The molecule has 0 saturated heterocycles. The monoisotopic (exact) mass is 138 g/mol. The third-order valence-electron chi connectivity index (χ3n) is 1.18. The maximum Gasteiger partial charge on any atom is 0.237 e. The summed E-state index contributed by atoms with van der Waals surface area (Å²) in [5.41, 5.74) is 4.95. The predicted molar refractivity (Wildman–Crippen MR) is 35.0 cm³/mol. The molecule has 0 aliphatic carbocycles. The van der Waals surface area contributed by atoms with Gasteiger partial charge in [-0.15, -0.1) is 0 Å². The van der Waals surface area contributed by atoms with Crippen molar-refractivity contribution in [3.05, 3.63) is 18.2 Å². The highest BCUT2D eigenvalue weighted by atomic mass is 16.1. The van der Waals surface area contributed by atoms with E-state index in [9.17, 15) is 4.79 Å². The van der Waals surface area contributed by atoms with Gasteiger partial charge in [-0.25, -0.2) is 4.98 Å². The Labute approximate surface area is 58.7 Å². The fourth-order valence-electron chi connectivity index (χ4n) is 0.678. The average Bonchev–Trinajstić information content (AvgIpc) is 2.15. The molecule has 0 aromatic carbocycles. The number of primary amides is 1. The number of aryl methyl sites for hydroxylation is 1. The number of carbonyl (C=O) groups is 1. The number of hydrogen-bond acceptors (Lipinski definition) is 2. The molecule has 0 unspecified atom stereocenters. The molecule has 1 aromatic rings. The highest BCUT2D eigenvalue weighted by Gasteiger charge is 1.98. The minimum Gasteiger partial charge on any atom is -0.368 e. The number of rotatable bonds is 2. The minimum absolute atomic E-state index is 0.183. The van der Waals surface area contributed by atoms with E-state index in [2.05, 4.69) is 11.2 Å². The Morgan fingerprint density at radius 3 is 3.10 bits per heavy atom. The van der Waals surface area contributed by atoms with Gasteiger partial charge in [0.15, 0.2) is 0 Å². The molecule has 0 spiro atoms. The Kier molecular flexibility index (Phi) is 1.71. The zero-order valence-electron chi connectivity index (χ0n) is 5.66. The summed E-state index contributed by atoms with van der Waals surface area (Å²) in [6, 6.07) is 0. The van der Waals surface area contributed by atoms with Gasteiger partial charge in [0.25, 0.3) is 0 Å². The zero-order chi connectivity index (χ0) is 7.56. The molecule has 1 rings (SSSR count). The molecule has 2 N–H and O–H groups in total. The molecule has 4 heteroatoms. The van der Waals surface area contributed by atoms with Gasteiger partial charge >= 0.3 is 0 Å². The zero-order valence-corrected chi connectivity index (χ0v) is 5.66. The molecule has 0 bridgehead atoms. The fourth-order valence-corrected chi connectivity index (χ4v) is 0.678. The van der Waals surface area contributed by atoms with Gasteiger partial charge in [0.05, 0.1) is 0 Å². The van der Waals surface area contributed by atoms with Crippen LogP contribution in [0.1, 0.15) is 5.82 Å². The summed E-state index contributed by atoms with van der Waals surface area (Å²) in [5, 5.41) is 0. The standard InChI is InChI=1S/C6H8N3O/c1-5-8-2-3-9(5)4-6(7)10/h3H,4H2,1H3,(H2,7,10). The SMILES string of the molecule is Cc1n[c]cn1CC(N)=O. The second kappa shape index (κ2) is 2.51. The predicted octanol–water partition coefficient (Wildman–Crippen LogP) is -0.523. The molecule has 1 radical (unpaired) electrons. The van der Waals surface area contributed by atoms with Crippen LogP contribution in [0.4, 0.5) is 0 Å². The summed E-state index contributed by atoms with van der Waals surface area (Å²) < 4.78 is 1.64. The van der Waals surface area contributed by atoms with Crippen molar-refractivity contribution < 1.29 is 4.79 Å². The molecule has 0 aliphatic heterocycles. The van der Waals surface area contributed by atoms with E-state index >= 15 is 0 Å².